The SMILES string of the molecule is C/C(=C\c1cc(Br)c([N+](=O)[O-])s1)CO. The smallest absolute Gasteiger partial charge is 0.338 e. The van der Waals surface area contributed by atoms with Gasteiger partial charge in [0.2, 0.25) is 0 Å². The zero-order valence-corrected chi connectivity index (χ0v) is 9.76. The minimum absolute atomic E-state index is 0.0384. The monoisotopic (exact) mass is 277 g/mol. The van der Waals surface area contributed by atoms with Crippen LogP contribution in [0.5, 0.6) is 0 Å². The number of nitro groups is 1. The molecule has 0 aliphatic carbocycles. The van der Waals surface area contributed by atoms with Gasteiger partial charge in [-0.2, -0.15) is 0 Å². The molecule has 76 valence electrons. The van der Waals surface area contributed by atoms with Crippen molar-refractivity contribution in [1.82, 2.24) is 0 Å². The number of aliphatic hydroxyl groups is 1. The Bertz CT molecular complexity index is 386. The second-order valence-electron chi connectivity index (χ2n) is 2.71. The van der Waals surface area contributed by atoms with Crippen molar-refractivity contribution in [3.05, 3.63) is 31.1 Å². The minimum Gasteiger partial charge on any atom is -0.392 e. The van der Waals surface area contributed by atoms with Crippen molar-refractivity contribution in [3.8, 4) is 0 Å². The summed E-state index contributed by atoms with van der Waals surface area (Å²) >= 11 is 4.18. The Morgan fingerprint density at radius 2 is 2.50 bits per heavy atom. The Labute approximate surface area is 93.2 Å². The van der Waals surface area contributed by atoms with Crippen molar-refractivity contribution >= 4 is 38.3 Å². The second-order valence-corrected chi connectivity index (χ2v) is 4.62. The summed E-state index contributed by atoms with van der Waals surface area (Å²) in [7, 11) is 0. The largest absolute Gasteiger partial charge is 0.392 e. The van der Waals surface area contributed by atoms with Crippen molar-refractivity contribution in [3.63, 3.8) is 0 Å². The highest BCUT2D eigenvalue weighted by Gasteiger charge is 2.15. The van der Waals surface area contributed by atoms with Crippen LogP contribution < -0.4 is 0 Å². The van der Waals surface area contributed by atoms with Crippen LogP contribution in [0.15, 0.2) is 16.1 Å². The van der Waals surface area contributed by atoms with Crippen LogP contribution in [0.4, 0.5) is 5.00 Å². The number of hydrogen-bond donors (Lipinski definition) is 1. The summed E-state index contributed by atoms with van der Waals surface area (Å²) in [5.74, 6) is 0. The van der Waals surface area contributed by atoms with Crippen LogP contribution >= 0.6 is 27.3 Å². The minimum atomic E-state index is -0.430. The van der Waals surface area contributed by atoms with Crippen molar-refractivity contribution < 1.29 is 10.0 Å². The van der Waals surface area contributed by atoms with E-state index in [0.717, 1.165) is 21.8 Å². The summed E-state index contributed by atoms with van der Waals surface area (Å²) < 4.78 is 0.476. The Hall–Kier alpha value is -0.720. The third kappa shape index (κ3) is 2.63. The number of aliphatic hydroxyl groups excluding tert-OH is 1. The summed E-state index contributed by atoms with van der Waals surface area (Å²) in [5.41, 5.74) is 0.772. The molecule has 1 rings (SSSR count). The lowest BCUT2D eigenvalue weighted by Crippen LogP contribution is -1.82. The first-order valence-electron chi connectivity index (χ1n) is 3.76. The lowest BCUT2D eigenvalue weighted by atomic mass is 10.3. The molecular formula is C8H8BrNO3S. The average molecular weight is 278 g/mol. The van der Waals surface area contributed by atoms with Crippen LogP contribution in [0.1, 0.15) is 11.8 Å². The van der Waals surface area contributed by atoms with E-state index in [4.69, 9.17) is 5.11 Å². The van der Waals surface area contributed by atoms with E-state index in [1.807, 2.05) is 0 Å². The van der Waals surface area contributed by atoms with E-state index < -0.39 is 4.92 Å². The molecule has 6 heteroatoms. The van der Waals surface area contributed by atoms with Gasteiger partial charge in [0.25, 0.3) is 0 Å². The molecule has 0 aliphatic rings. The van der Waals surface area contributed by atoms with Gasteiger partial charge in [0.1, 0.15) is 4.47 Å². The predicted molar refractivity (Wildman–Crippen MR) is 59.4 cm³/mol. The van der Waals surface area contributed by atoms with Gasteiger partial charge < -0.3 is 5.11 Å². The molecule has 0 aliphatic heterocycles. The first-order valence-corrected chi connectivity index (χ1v) is 5.37. The van der Waals surface area contributed by atoms with Crippen molar-refractivity contribution in [1.29, 1.82) is 0 Å². The fourth-order valence-corrected chi connectivity index (χ4v) is 2.54. The molecule has 4 nitrogen and oxygen atoms in total. The molecule has 0 saturated carbocycles. The second kappa shape index (κ2) is 4.68. The Morgan fingerprint density at radius 1 is 1.86 bits per heavy atom. The summed E-state index contributed by atoms with van der Waals surface area (Å²) in [4.78, 5) is 10.8. The third-order valence-corrected chi connectivity index (χ3v) is 3.39. The van der Waals surface area contributed by atoms with E-state index in [9.17, 15) is 10.1 Å². The molecule has 1 N–H and O–H groups in total. The molecule has 0 saturated heterocycles. The molecule has 1 aromatic heterocycles. The van der Waals surface area contributed by atoms with Crippen LogP contribution in [0, 0.1) is 10.1 Å². The molecule has 1 aromatic rings. The van der Waals surface area contributed by atoms with Gasteiger partial charge in [0.15, 0.2) is 0 Å². The molecule has 0 aromatic carbocycles. The normalized spacial score (nSPS) is 11.8. The summed E-state index contributed by atoms with van der Waals surface area (Å²) in [5, 5.41) is 19.4. The van der Waals surface area contributed by atoms with Crippen LogP contribution in [0.3, 0.4) is 0 Å². The molecule has 0 radical (unpaired) electrons. The Balaban J connectivity index is 3.03. The van der Waals surface area contributed by atoms with Gasteiger partial charge in [-0.1, -0.05) is 11.3 Å². The van der Waals surface area contributed by atoms with Crippen LogP contribution in [-0.4, -0.2) is 16.6 Å². The highest BCUT2D eigenvalue weighted by Crippen LogP contribution is 2.35. The number of thiophene rings is 1. The van der Waals surface area contributed by atoms with Gasteiger partial charge in [-0.15, -0.1) is 0 Å². The predicted octanol–water partition coefficient (Wildman–Crippen LogP) is 2.81. The molecule has 0 atom stereocenters. The van der Waals surface area contributed by atoms with E-state index in [1.54, 1.807) is 19.1 Å². The molecule has 1 heterocycles. The van der Waals surface area contributed by atoms with Gasteiger partial charge in [0.05, 0.1) is 11.5 Å². The quantitative estimate of drug-likeness (QED) is 0.683. The molecule has 0 bridgehead atoms. The first-order chi connectivity index (χ1) is 6.54. The van der Waals surface area contributed by atoms with Crippen LogP contribution in [-0.2, 0) is 0 Å². The molecular weight excluding hydrogens is 270 g/mol. The highest BCUT2D eigenvalue weighted by atomic mass is 79.9. The Morgan fingerprint density at radius 3 is 2.93 bits per heavy atom. The van der Waals surface area contributed by atoms with E-state index in [2.05, 4.69) is 15.9 Å². The molecule has 0 spiro atoms. The summed E-state index contributed by atoms with van der Waals surface area (Å²) in [6.45, 7) is 1.72. The maximum absolute atomic E-state index is 10.5. The third-order valence-electron chi connectivity index (χ3n) is 1.49. The van der Waals surface area contributed by atoms with E-state index in [0.29, 0.717) is 4.47 Å². The number of hydrogen-bond acceptors (Lipinski definition) is 4. The molecule has 0 unspecified atom stereocenters. The fraction of sp³-hybridized carbons (Fsp3) is 0.250. The topological polar surface area (TPSA) is 63.4 Å². The summed E-state index contributed by atoms with van der Waals surface area (Å²) in [6, 6.07) is 1.67. The van der Waals surface area contributed by atoms with Gasteiger partial charge in [-0.05, 0) is 40.6 Å². The standard InChI is InChI=1S/C8H8BrNO3S/c1-5(4-11)2-6-3-7(9)8(14-6)10(12)13/h2-3,11H,4H2,1H3/b5-2+. The zero-order chi connectivity index (χ0) is 10.7. The number of rotatable bonds is 3. The average Bonchev–Trinajstić information content (AvgIpc) is 2.46. The fourth-order valence-electron chi connectivity index (χ4n) is 0.861. The van der Waals surface area contributed by atoms with Crippen molar-refractivity contribution in [2.45, 2.75) is 6.92 Å². The highest BCUT2D eigenvalue weighted by molar-refractivity contribution is 9.10. The maximum atomic E-state index is 10.5. The molecule has 0 amide bonds. The summed E-state index contributed by atoms with van der Waals surface area (Å²) in [6.07, 6.45) is 1.72. The van der Waals surface area contributed by atoms with Gasteiger partial charge >= 0.3 is 5.00 Å². The van der Waals surface area contributed by atoms with Crippen LogP contribution in [0.2, 0.25) is 0 Å². The van der Waals surface area contributed by atoms with E-state index >= 15 is 0 Å². The lowest BCUT2D eigenvalue weighted by molar-refractivity contribution is -0.380. The Kier molecular flexibility index (Phi) is 3.79. The van der Waals surface area contributed by atoms with E-state index in [1.165, 1.54) is 0 Å². The van der Waals surface area contributed by atoms with Gasteiger partial charge in [-0.25, -0.2) is 0 Å². The maximum Gasteiger partial charge on any atom is 0.338 e. The van der Waals surface area contributed by atoms with Crippen molar-refractivity contribution in [2.75, 3.05) is 6.61 Å². The van der Waals surface area contributed by atoms with Gasteiger partial charge in [0, 0.05) is 4.88 Å². The molecule has 14 heavy (non-hydrogen) atoms. The lowest BCUT2D eigenvalue weighted by Gasteiger charge is -1.90. The van der Waals surface area contributed by atoms with E-state index in [-0.39, 0.29) is 11.6 Å². The van der Waals surface area contributed by atoms with Gasteiger partial charge in [-0.3, -0.25) is 10.1 Å². The number of halogens is 1. The van der Waals surface area contributed by atoms with Crippen LogP contribution in [0.25, 0.3) is 6.08 Å². The first kappa shape index (κ1) is 11.4. The molecule has 0 fully saturated rings. The zero-order valence-electron chi connectivity index (χ0n) is 7.36. The van der Waals surface area contributed by atoms with Crippen molar-refractivity contribution in [2.24, 2.45) is 0 Å². The number of nitrogens with zero attached hydrogens (tertiary/aromatic N) is 1.